The van der Waals surface area contributed by atoms with Gasteiger partial charge < -0.3 is 0 Å². The van der Waals surface area contributed by atoms with Crippen LogP contribution >= 0.6 is 34.4 Å². The zero-order valence-corrected chi connectivity index (χ0v) is 11.5. The molecule has 3 aromatic rings. The summed E-state index contributed by atoms with van der Waals surface area (Å²) in [4.78, 5) is 4.56. The van der Waals surface area contributed by atoms with E-state index < -0.39 is 0 Å². The standard InChI is InChI=1S/C11H9N3S3/c1-2-9-13-14-11(16-9)17-10-12-7-5-3-4-6-8(7)15-10/h3-6H,2H2,1H3. The van der Waals surface area contributed by atoms with Crippen LogP contribution in [0.2, 0.25) is 0 Å². The monoisotopic (exact) mass is 279 g/mol. The largest absolute Gasteiger partial charge is 0.229 e. The van der Waals surface area contributed by atoms with Crippen molar-refractivity contribution >= 4 is 44.7 Å². The van der Waals surface area contributed by atoms with Crippen molar-refractivity contribution in [2.45, 2.75) is 22.0 Å². The Morgan fingerprint density at radius 3 is 2.76 bits per heavy atom. The first kappa shape index (κ1) is 11.1. The van der Waals surface area contributed by atoms with Crippen molar-refractivity contribution in [3.05, 3.63) is 29.3 Å². The van der Waals surface area contributed by atoms with Crippen LogP contribution in [0.1, 0.15) is 11.9 Å². The molecule has 0 unspecified atom stereocenters. The zero-order valence-electron chi connectivity index (χ0n) is 9.08. The number of para-hydroxylation sites is 1. The lowest BCUT2D eigenvalue weighted by molar-refractivity contribution is 0.943. The highest BCUT2D eigenvalue weighted by Gasteiger charge is 2.08. The first-order chi connectivity index (χ1) is 8.35. The van der Waals surface area contributed by atoms with Gasteiger partial charge in [-0.15, -0.1) is 21.5 Å². The molecule has 0 saturated carbocycles. The fraction of sp³-hybridized carbons (Fsp3) is 0.182. The van der Waals surface area contributed by atoms with Gasteiger partial charge in [-0.2, -0.15) is 0 Å². The van der Waals surface area contributed by atoms with Crippen LogP contribution in [0.5, 0.6) is 0 Å². The number of aryl methyl sites for hydroxylation is 1. The molecule has 3 rings (SSSR count). The van der Waals surface area contributed by atoms with Crippen molar-refractivity contribution < 1.29 is 0 Å². The lowest BCUT2D eigenvalue weighted by Crippen LogP contribution is -1.75. The van der Waals surface area contributed by atoms with Crippen molar-refractivity contribution in [2.75, 3.05) is 0 Å². The van der Waals surface area contributed by atoms with Gasteiger partial charge in [0.05, 0.1) is 10.2 Å². The minimum absolute atomic E-state index is 0.943. The first-order valence-corrected chi connectivity index (χ1v) is 7.66. The van der Waals surface area contributed by atoms with E-state index in [0.29, 0.717) is 0 Å². The first-order valence-electron chi connectivity index (χ1n) is 5.21. The Balaban J connectivity index is 1.89. The van der Waals surface area contributed by atoms with E-state index >= 15 is 0 Å². The van der Waals surface area contributed by atoms with Crippen molar-refractivity contribution in [3.8, 4) is 0 Å². The van der Waals surface area contributed by atoms with Crippen molar-refractivity contribution in [3.63, 3.8) is 0 Å². The van der Waals surface area contributed by atoms with E-state index in [2.05, 4.69) is 28.2 Å². The quantitative estimate of drug-likeness (QED) is 0.729. The second-order valence-corrected chi connectivity index (χ2v) is 6.95. The summed E-state index contributed by atoms with van der Waals surface area (Å²) in [6.45, 7) is 2.09. The molecule has 2 heterocycles. The maximum atomic E-state index is 4.56. The van der Waals surface area contributed by atoms with Gasteiger partial charge in [0.1, 0.15) is 5.01 Å². The summed E-state index contributed by atoms with van der Waals surface area (Å²) in [5.41, 5.74) is 1.06. The molecule has 6 heteroatoms. The molecule has 0 aliphatic carbocycles. The SMILES string of the molecule is CCc1nnc(Sc2nc3ccccc3s2)s1. The smallest absolute Gasteiger partial charge is 0.181 e. The minimum Gasteiger partial charge on any atom is -0.229 e. The van der Waals surface area contributed by atoms with Gasteiger partial charge in [0, 0.05) is 0 Å². The third kappa shape index (κ3) is 2.34. The van der Waals surface area contributed by atoms with Crippen LogP contribution in [0.4, 0.5) is 0 Å². The molecule has 0 fully saturated rings. The summed E-state index contributed by atoms with van der Waals surface area (Å²) in [6.07, 6.45) is 0.943. The van der Waals surface area contributed by atoms with Gasteiger partial charge in [0.25, 0.3) is 0 Å². The molecule has 1 aromatic carbocycles. The van der Waals surface area contributed by atoms with Crippen LogP contribution in [-0.2, 0) is 6.42 Å². The van der Waals surface area contributed by atoms with E-state index in [0.717, 1.165) is 25.6 Å². The Bertz CT molecular complexity index is 611. The van der Waals surface area contributed by atoms with Gasteiger partial charge in [-0.25, -0.2) is 4.98 Å². The Morgan fingerprint density at radius 2 is 2.00 bits per heavy atom. The lowest BCUT2D eigenvalue weighted by atomic mass is 10.3. The molecule has 0 radical (unpaired) electrons. The fourth-order valence-corrected chi connectivity index (χ4v) is 4.50. The second kappa shape index (κ2) is 4.72. The van der Waals surface area contributed by atoms with E-state index in [1.165, 1.54) is 4.70 Å². The molecule has 0 spiro atoms. The van der Waals surface area contributed by atoms with Gasteiger partial charge in [0.15, 0.2) is 8.68 Å². The molecule has 0 atom stereocenters. The fourth-order valence-electron chi connectivity index (χ4n) is 1.39. The molecule has 0 N–H and O–H groups in total. The summed E-state index contributed by atoms with van der Waals surface area (Å²) in [6, 6.07) is 8.17. The minimum atomic E-state index is 0.943. The third-order valence-corrected chi connectivity index (χ3v) is 5.42. The number of benzene rings is 1. The molecule has 0 aliphatic heterocycles. The van der Waals surface area contributed by atoms with E-state index in [1.807, 2.05) is 18.2 Å². The zero-order chi connectivity index (χ0) is 11.7. The Labute approximate surface area is 111 Å². The molecule has 2 aromatic heterocycles. The van der Waals surface area contributed by atoms with Crippen molar-refractivity contribution in [2.24, 2.45) is 0 Å². The number of nitrogens with zero attached hydrogens (tertiary/aromatic N) is 3. The highest BCUT2D eigenvalue weighted by Crippen LogP contribution is 2.35. The molecule has 3 nitrogen and oxygen atoms in total. The molecular formula is C11H9N3S3. The molecule has 17 heavy (non-hydrogen) atoms. The number of fused-ring (bicyclic) bond motifs is 1. The Morgan fingerprint density at radius 1 is 1.12 bits per heavy atom. The van der Waals surface area contributed by atoms with Crippen LogP contribution < -0.4 is 0 Å². The van der Waals surface area contributed by atoms with Gasteiger partial charge in [-0.05, 0) is 30.3 Å². The van der Waals surface area contributed by atoms with Gasteiger partial charge in [-0.3, -0.25) is 0 Å². The molecule has 0 saturated heterocycles. The Kier molecular flexibility index (Phi) is 3.09. The summed E-state index contributed by atoms with van der Waals surface area (Å²) in [5, 5.41) is 9.34. The topological polar surface area (TPSA) is 38.7 Å². The van der Waals surface area contributed by atoms with Gasteiger partial charge in [0.2, 0.25) is 0 Å². The number of aromatic nitrogens is 3. The summed E-state index contributed by atoms with van der Waals surface area (Å²) < 4.78 is 3.22. The molecule has 0 aliphatic rings. The average molecular weight is 279 g/mol. The number of hydrogen-bond acceptors (Lipinski definition) is 6. The van der Waals surface area contributed by atoms with Gasteiger partial charge in [-0.1, -0.05) is 30.4 Å². The Hall–Kier alpha value is -0.980. The van der Waals surface area contributed by atoms with Crippen molar-refractivity contribution in [1.29, 1.82) is 0 Å². The highest BCUT2D eigenvalue weighted by molar-refractivity contribution is 8.02. The predicted molar refractivity (Wildman–Crippen MR) is 73.0 cm³/mol. The number of rotatable bonds is 3. The predicted octanol–water partition coefficient (Wildman–Crippen LogP) is 3.86. The van der Waals surface area contributed by atoms with E-state index in [9.17, 15) is 0 Å². The summed E-state index contributed by atoms with van der Waals surface area (Å²) in [5.74, 6) is 0. The van der Waals surface area contributed by atoms with Crippen LogP contribution in [0.15, 0.2) is 32.9 Å². The maximum absolute atomic E-state index is 4.56. The molecule has 0 bridgehead atoms. The molecule has 86 valence electrons. The molecule has 0 amide bonds. The maximum Gasteiger partial charge on any atom is 0.181 e. The van der Waals surface area contributed by atoms with Crippen LogP contribution in [0, 0.1) is 0 Å². The lowest BCUT2D eigenvalue weighted by Gasteiger charge is -1.86. The summed E-state index contributed by atoms with van der Waals surface area (Å²) in [7, 11) is 0. The third-order valence-electron chi connectivity index (χ3n) is 2.20. The van der Waals surface area contributed by atoms with E-state index in [1.54, 1.807) is 34.4 Å². The van der Waals surface area contributed by atoms with E-state index in [-0.39, 0.29) is 0 Å². The van der Waals surface area contributed by atoms with Gasteiger partial charge >= 0.3 is 0 Å². The van der Waals surface area contributed by atoms with E-state index in [4.69, 9.17) is 0 Å². The summed E-state index contributed by atoms with van der Waals surface area (Å²) >= 11 is 4.95. The van der Waals surface area contributed by atoms with Crippen LogP contribution in [-0.4, -0.2) is 15.2 Å². The normalized spacial score (nSPS) is 11.1. The van der Waals surface area contributed by atoms with Crippen LogP contribution in [0.25, 0.3) is 10.2 Å². The molecular weight excluding hydrogens is 270 g/mol. The van der Waals surface area contributed by atoms with Crippen molar-refractivity contribution in [1.82, 2.24) is 15.2 Å². The average Bonchev–Trinajstić information content (AvgIpc) is 2.94. The number of hydrogen-bond donors (Lipinski definition) is 0. The van der Waals surface area contributed by atoms with Crippen LogP contribution in [0.3, 0.4) is 0 Å². The highest BCUT2D eigenvalue weighted by atomic mass is 32.2. The second-order valence-electron chi connectivity index (χ2n) is 3.36. The number of thiazole rings is 1.